The number of hydrogen-bond donors (Lipinski definition) is 0. The maximum absolute atomic E-state index is 5.86. The Hall–Kier alpha value is -0.560. The zero-order valence-electron chi connectivity index (χ0n) is 25.9. The summed E-state index contributed by atoms with van der Waals surface area (Å²) in [5, 5.41) is 0. The number of ether oxygens (including phenoxy) is 1. The highest BCUT2D eigenvalue weighted by Gasteiger charge is 1.95. The maximum atomic E-state index is 5.86. The first-order valence-corrected chi connectivity index (χ1v) is 17.3. The Balaban J connectivity index is 3.07. The predicted octanol–water partition coefficient (Wildman–Crippen LogP) is 13.1. The topological polar surface area (TPSA) is 9.23 Å². The van der Waals surface area contributed by atoms with Gasteiger partial charge in [-0.25, -0.2) is 0 Å². The highest BCUT2D eigenvalue weighted by Crippen LogP contribution is 2.12. The van der Waals surface area contributed by atoms with Crippen molar-refractivity contribution in [2.45, 2.75) is 194 Å². The van der Waals surface area contributed by atoms with E-state index in [4.69, 9.17) is 4.74 Å². The van der Waals surface area contributed by atoms with E-state index < -0.39 is 0 Å². The van der Waals surface area contributed by atoms with Gasteiger partial charge in [-0.2, -0.15) is 0 Å². The third-order valence-electron chi connectivity index (χ3n) is 7.60. The summed E-state index contributed by atoms with van der Waals surface area (Å²) in [6.07, 6.45) is 48.1. The molecule has 0 aliphatic carbocycles. The average Bonchev–Trinajstić information content (AvgIpc) is 2.91. The summed E-state index contributed by atoms with van der Waals surface area (Å²) in [6.45, 7) is 6.54. The van der Waals surface area contributed by atoms with Crippen LogP contribution < -0.4 is 0 Å². The summed E-state index contributed by atoms with van der Waals surface area (Å²) in [4.78, 5) is 0. The van der Waals surface area contributed by atoms with Gasteiger partial charge in [0.25, 0.3) is 0 Å². The van der Waals surface area contributed by atoms with Crippen molar-refractivity contribution in [3.05, 3.63) is 24.3 Å². The van der Waals surface area contributed by atoms with Gasteiger partial charge in [-0.05, 0) is 64.2 Å². The normalized spacial score (nSPS) is 11.9. The summed E-state index contributed by atoms with van der Waals surface area (Å²) in [5.74, 6) is 0. The van der Waals surface area contributed by atoms with Gasteiger partial charge in [0.1, 0.15) is 0 Å². The van der Waals surface area contributed by atoms with Crippen LogP contribution >= 0.6 is 0 Å². The Kier molecular flexibility index (Phi) is 34.9. The molecule has 0 aromatic heterocycles. The molecular weight excluding hydrogens is 448 g/mol. The summed E-state index contributed by atoms with van der Waals surface area (Å²) in [7, 11) is 0. The van der Waals surface area contributed by atoms with Gasteiger partial charge in [-0.1, -0.05) is 154 Å². The van der Waals surface area contributed by atoms with E-state index in [1.807, 2.05) is 0 Å². The molecule has 0 spiro atoms. The fraction of sp³-hybridized carbons (Fsp3) is 0.889. The van der Waals surface area contributed by atoms with Gasteiger partial charge in [0.05, 0.1) is 0 Å². The van der Waals surface area contributed by atoms with Crippen LogP contribution in [0.25, 0.3) is 0 Å². The minimum atomic E-state index is 0.984. The van der Waals surface area contributed by atoms with E-state index >= 15 is 0 Å². The Morgan fingerprint density at radius 2 is 0.541 bits per heavy atom. The average molecular weight is 519 g/mol. The third kappa shape index (κ3) is 35.4. The molecule has 0 fully saturated rings. The maximum Gasteiger partial charge on any atom is 0.0466 e. The van der Waals surface area contributed by atoms with E-state index in [0.717, 1.165) is 13.2 Å². The second kappa shape index (κ2) is 35.4. The summed E-state index contributed by atoms with van der Waals surface area (Å²) < 4.78 is 5.86. The lowest BCUT2D eigenvalue weighted by Crippen LogP contribution is -1.97. The molecule has 1 heteroatoms. The van der Waals surface area contributed by atoms with E-state index in [2.05, 4.69) is 38.2 Å². The number of hydrogen-bond acceptors (Lipinski definition) is 1. The molecule has 0 saturated heterocycles. The molecule has 0 unspecified atom stereocenters. The molecule has 0 radical (unpaired) electrons. The number of unbranched alkanes of at least 4 members (excludes halogenated alkanes) is 24. The highest BCUT2D eigenvalue weighted by atomic mass is 16.5. The van der Waals surface area contributed by atoms with Crippen LogP contribution in [0.15, 0.2) is 24.3 Å². The number of allylic oxidation sites excluding steroid dienone is 4. The van der Waals surface area contributed by atoms with Crippen molar-refractivity contribution in [3.63, 3.8) is 0 Å². The standard InChI is InChI=1S/C36H70O/c1-3-5-7-9-11-13-15-17-19-21-23-25-27-29-31-33-35-37-36-34-32-30-28-26-24-22-20-18-16-14-12-10-8-6-4-2/h13-16H,3-12,17-36H2,1-2H3/b15-13+,16-14+. The van der Waals surface area contributed by atoms with Gasteiger partial charge in [-0.15, -0.1) is 0 Å². The fourth-order valence-corrected chi connectivity index (χ4v) is 5.01. The second-order valence-corrected chi connectivity index (χ2v) is 11.5. The van der Waals surface area contributed by atoms with Gasteiger partial charge < -0.3 is 4.74 Å². The van der Waals surface area contributed by atoms with Crippen LogP contribution in [0.2, 0.25) is 0 Å². The molecule has 0 heterocycles. The van der Waals surface area contributed by atoms with Gasteiger partial charge in [0.15, 0.2) is 0 Å². The zero-order chi connectivity index (χ0) is 26.7. The van der Waals surface area contributed by atoms with Crippen molar-refractivity contribution in [2.24, 2.45) is 0 Å². The van der Waals surface area contributed by atoms with Gasteiger partial charge in [0.2, 0.25) is 0 Å². The summed E-state index contributed by atoms with van der Waals surface area (Å²) in [5.41, 5.74) is 0. The smallest absolute Gasteiger partial charge is 0.0466 e. The molecule has 0 saturated carbocycles. The van der Waals surface area contributed by atoms with Gasteiger partial charge in [0, 0.05) is 13.2 Å². The molecule has 0 aromatic rings. The minimum absolute atomic E-state index is 0.984. The van der Waals surface area contributed by atoms with Crippen LogP contribution in [0.5, 0.6) is 0 Å². The van der Waals surface area contributed by atoms with Crippen molar-refractivity contribution < 1.29 is 4.74 Å². The zero-order valence-corrected chi connectivity index (χ0v) is 25.9. The van der Waals surface area contributed by atoms with Crippen LogP contribution in [0.4, 0.5) is 0 Å². The summed E-state index contributed by atoms with van der Waals surface area (Å²) >= 11 is 0. The number of rotatable bonds is 32. The molecule has 0 bridgehead atoms. The highest BCUT2D eigenvalue weighted by molar-refractivity contribution is 4.81. The molecule has 220 valence electrons. The van der Waals surface area contributed by atoms with Crippen molar-refractivity contribution in [2.75, 3.05) is 13.2 Å². The van der Waals surface area contributed by atoms with Gasteiger partial charge in [-0.3, -0.25) is 0 Å². The predicted molar refractivity (Wildman–Crippen MR) is 170 cm³/mol. The third-order valence-corrected chi connectivity index (χ3v) is 7.60. The van der Waals surface area contributed by atoms with Crippen LogP contribution in [0.1, 0.15) is 194 Å². The second-order valence-electron chi connectivity index (χ2n) is 11.5. The van der Waals surface area contributed by atoms with E-state index in [1.54, 1.807) is 0 Å². The largest absolute Gasteiger partial charge is 0.381 e. The lowest BCUT2D eigenvalue weighted by atomic mass is 10.1. The van der Waals surface area contributed by atoms with Crippen molar-refractivity contribution in [3.8, 4) is 0 Å². The first kappa shape index (κ1) is 36.4. The van der Waals surface area contributed by atoms with Crippen molar-refractivity contribution in [1.82, 2.24) is 0 Å². The van der Waals surface area contributed by atoms with Crippen LogP contribution in [0.3, 0.4) is 0 Å². The van der Waals surface area contributed by atoms with E-state index in [0.29, 0.717) is 0 Å². The van der Waals surface area contributed by atoms with Crippen LogP contribution in [0, 0.1) is 0 Å². The first-order valence-electron chi connectivity index (χ1n) is 17.3. The quantitative estimate of drug-likeness (QED) is 0.0635. The van der Waals surface area contributed by atoms with Crippen molar-refractivity contribution >= 4 is 0 Å². The fourth-order valence-electron chi connectivity index (χ4n) is 5.01. The SMILES string of the molecule is CCCCCC/C=C/CCCCCCCCCCOCCCCCCCCCC/C=C/CCCCCC. The van der Waals surface area contributed by atoms with E-state index in [9.17, 15) is 0 Å². The monoisotopic (exact) mass is 519 g/mol. The molecule has 0 amide bonds. The Bertz CT molecular complexity index is 398. The molecule has 0 N–H and O–H groups in total. The van der Waals surface area contributed by atoms with Gasteiger partial charge >= 0.3 is 0 Å². The van der Waals surface area contributed by atoms with Crippen molar-refractivity contribution in [1.29, 1.82) is 0 Å². The first-order chi connectivity index (χ1) is 18.4. The van der Waals surface area contributed by atoms with Crippen LogP contribution in [-0.4, -0.2) is 13.2 Å². The molecule has 0 aliphatic rings. The van der Waals surface area contributed by atoms with E-state index in [-0.39, 0.29) is 0 Å². The lowest BCUT2D eigenvalue weighted by molar-refractivity contribution is 0.125. The molecule has 0 aliphatic heterocycles. The Labute approximate surface area is 235 Å². The summed E-state index contributed by atoms with van der Waals surface area (Å²) in [6, 6.07) is 0. The molecule has 1 nitrogen and oxygen atoms in total. The molecular formula is C36H70O. The molecule has 37 heavy (non-hydrogen) atoms. The minimum Gasteiger partial charge on any atom is -0.381 e. The van der Waals surface area contributed by atoms with E-state index in [1.165, 1.54) is 180 Å². The Morgan fingerprint density at radius 3 is 0.838 bits per heavy atom. The molecule has 0 aromatic carbocycles. The molecule has 0 atom stereocenters. The van der Waals surface area contributed by atoms with Crippen LogP contribution in [-0.2, 0) is 4.74 Å². The molecule has 0 rings (SSSR count). The Morgan fingerprint density at radius 1 is 0.297 bits per heavy atom. The lowest BCUT2D eigenvalue weighted by Gasteiger charge is -2.05.